The number of carboxylic acid groups (broad SMARTS) is 2. The molecule has 0 spiro atoms. The fraction of sp³-hybridized carbons (Fsp3) is 0.429. The maximum Gasteiger partial charge on any atom is 0.326 e. The third-order valence-corrected chi connectivity index (χ3v) is 5.24. The molecule has 168 valence electrons. The molecule has 0 aliphatic heterocycles. The van der Waals surface area contributed by atoms with Crippen LogP contribution in [-0.2, 0) is 25.6 Å². The maximum absolute atomic E-state index is 12.6. The number of hydrogen-bond donors (Lipinski definition) is 6. The Kier molecular flexibility index (Phi) is 8.14. The Morgan fingerprint density at radius 2 is 1.77 bits per heavy atom. The summed E-state index contributed by atoms with van der Waals surface area (Å²) in [6.07, 6.45) is 1.69. The number of H-pyrrole nitrogens is 1. The molecular weight excluding hydrogens is 404 g/mol. The number of benzene rings is 1. The zero-order chi connectivity index (χ0) is 23.1. The smallest absolute Gasteiger partial charge is 0.326 e. The fourth-order valence-corrected chi connectivity index (χ4v) is 3.23. The molecule has 1 aromatic heterocycles. The summed E-state index contributed by atoms with van der Waals surface area (Å²) in [7, 11) is 0. The Hall–Kier alpha value is -3.40. The number of aliphatic carboxylic acids is 2. The highest BCUT2D eigenvalue weighted by atomic mass is 16.4. The topological polar surface area (TPSA) is 175 Å². The summed E-state index contributed by atoms with van der Waals surface area (Å²) in [5, 5.41) is 24.1. The number of aromatic amines is 1. The summed E-state index contributed by atoms with van der Waals surface area (Å²) in [6, 6.07) is 3.80. The molecule has 0 radical (unpaired) electrons. The van der Waals surface area contributed by atoms with Crippen molar-refractivity contribution >= 4 is 34.7 Å². The lowest BCUT2D eigenvalue weighted by Gasteiger charge is -2.24. The van der Waals surface area contributed by atoms with Crippen molar-refractivity contribution in [1.82, 2.24) is 15.6 Å². The van der Waals surface area contributed by atoms with E-state index >= 15 is 0 Å². The Morgan fingerprint density at radius 1 is 1.10 bits per heavy atom. The normalized spacial score (nSPS) is 14.9. The molecule has 0 saturated carbocycles. The van der Waals surface area contributed by atoms with E-state index in [2.05, 4.69) is 15.6 Å². The van der Waals surface area contributed by atoms with E-state index in [1.54, 1.807) is 20.0 Å². The number of nitrogens with two attached hydrogens (primary N) is 1. The van der Waals surface area contributed by atoms with Crippen LogP contribution in [0, 0.1) is 5.92 Å². The van der Waals surface area contributed by atoms with Gasteiger partial charge < -0.3 is 31.6 Å². The molecule has 2 rings (SSSR count). The van der Waals surface area contributed by atoms with Crippen molar-refractivity contribution in [3.63, 3.8) is 0 Å². The van der Waals surface area contributed by atoms with Gasteiger partial charge in [0.1, 0.15) is 12.1 Å². The predicted molar refractivity (Wildman–Crippen MR) is 113 cm³/mol. The van der Waals surface area contributed by atoms with Crippen LogP contribution >= 0.6 is 0 Å². The SMILES string of the molecule is CCC(C)C(NC(=O)C(CC(=O)O)NC(=O)C(N)Cc1c[nH]c2ccccc12)C(=O)O. The average Bonchev–Trinajstić information content (AvgIpc) is 3.13. The van der Waals surface area contributed by atoms with Crippen LogP contribution in [-0.4, -0.2) is 57.1 Å². The number of carbonyl (C=O) groups excluding carboxylic acids is 2. The summed E-state index contributed by atoms with van der Waals surface area (Å²) >= 11 is 0. The van der Waals surface area contributed by atoms with E-state index in [1.165, 1.54) is 0 Å². The molecule has 1 aromatic carbocycles. The van der Waals surface area contributed by atoms with Gasteiger partial charge in [0.05, 0.1) is 12.5 Å². The maximum atomic E-state index is 12.6. The lowest BCUT2D eigenvalue weighted by Crippen LogP contribution is -2.56. The molecular formula is C21H28N4O6. The second-order valence-electron chi connectivity index (χ2n) is 7.54. The van der Waals surface area contributed by atoms with Crippen LogP contribution in [0.25, 0.3) is 10.9 Å². The van der Waals surface area contributed by atoms with Gasteiger partial charge in [0.2, 0.25) is 11.8 Å². The summed E-state index contributed by atoms with van der Waals surface area (Å²) in [6.45, 7) is 3.42. The van der Waals surface area contributed by atoms with Gasteiger partial charge in [0.15, 0.2) is 0 Å². The van der Waals surface area contributed by atoms with Gasteiger partial charge in [-0.15, -0.1) is 0 Å². The molecule has 4 unspecified atom stereocenters. The van der Waals surface area contributed by atoms with Crippen LogP contribution in [0.5, 0.6) is 0 Å². The van der Waals surface area contributed by atoms with Crippen LogP contribution in [0.3, 0.4) is 0 Å². The highest BCUT2D eigenvalue weighted by Gasteiger charge is 2.31. The zero-order valence-corrected chi connectivity index (χ0v) is 17.4. The van der Waals surface area contributed by atoms with Crippen molar-refractivity contribution in [1.29, 1.82) is 0 Å². The van der Waals surface area contributed by atoms with Crippen molar-refractivity contribution in [3.8, 4) is 0 Å². The van der Waals surface area contributed by atoms with Gasteiger partial charge in [0.25, 0.3) is 0 Å². The lowest BCUT2D eigenvalue weighted by atomic mass is 9.98. The molecule has 0 saturated heterocycles. The number of para-hydroxylation sites is 1. The van der Waals surface area contributed by atoms with Gasteiger partial charge >= 0.3 is 11.9 Å². The summed E-state index contributed by atoms with van der Waals surface area (Å²) in [5.41, 5.74) is 7.69. The van der Waals surface area contributed by atoms with Crippen molar-refractivity contribution < 1.29 is 29.4 Å². The number of nitrogens with one attached hydrogen (secondary N) is 3. The van der Waals surface area contributed by atoms with E-state index in [0.29, 0.717) is 6.42 Å². The summed E-state index contributed by atoms with van der Waals surface area (Å²) in [4.78, 5) is 50.9. The molecule has 7 N–H and O–H groups in total. The second-order valence-corrected chi connectivity index (χ2v) is 7.54. The Bertz CT molecular complexity index is 956. The number of aromatic nitrogens is 1. The van der Waals surface area contributed by atoms with E-state index in [0.717, 1.165) is 16.5 Å². The first-order valence-corrected chi connectivity index (χ1v) is 9.99. The molecule has 2 amide bonds. The van der Waals surface area contributed by atoms with E-state index in [4.69, 9.17) is 10.8 Å². The minimum Gasteiger partial charge on any atom is -0.481 e. The summed E-state index contributed by atoms with van der Waals surface area (Å²) < 4.78 is 0. The van der Waals surface area contributed by atoms with Crippen LogP contribution in [0.4, 0.5) is 0 Å². The van der Waals surface area contributed by atoms with Crippen LogP contribution in [0.15, 0.2) is 30.5 Å². The molecule has 10 heteroatoms. The largest absolute Gasteiger partial charge is 0.481 e. The molecule has 2 aromatic rings. The number of amides is 2. The van der Waals surface area contributed by atoms with Gasteiger partial charge in [-0.25, -0.2) is 4.79 Å². The number of fused-ring (bicyclic) bond motifs is 1. The molecule has 0 fully saturated rings. The van der Waals surface area contributed by atoms with Crippen LogP contribution < -0.4 is 16.4 Å². The standard InChI is InChI=1S/C21H28N4O6/c1-3-11(2)18(21(30)31)25-20(29)16(9-17(26)27)24-19(28)14(22)8-12-10-23-15-7-5-4-6-13(12)15/h4-7,10-11,14,16,18,23H,3,8-9,22H2,1-2H3,(H,24,28)(H,25,29)(H,26,27)(H,30,31). The van der Waals surface area contributed by atoms with E-state index in [-0.39, 0.29) is 12.3 Å². The van der Waals surface area contributed by atoms with E-state index < -0.39 is 48.3 Å². The molecule has 0 bridgehead atoms. The predicted octanol–water partition coefficient (Wildman–Crippen LogP) is 0.613. The average molecular weight is 432 g/mol. The molecule has 1 heterocycles. The molecule has 4 atom stereocenters. The first-order valence-electron chi connectivity index (χ1n) is 9.99. The Labute approximate surface area is 179 Å². The van der Waals surface area contributed by atoms with Crippen molar-refractivity contribution in [3.05, 3.63) is 36.0 Å². The van der Waals surface area contributed by atoms with Crippen molar-refractivity contribution in [2.75, 3.05) is 0 Å². The number of carboxylic acids is 2. The first-order chi connectivity index (χ1) is 14.6. The second kappa shape index (κ2) is 10.6. The molecule has 0 aliphatic rings. The van der Waals surface area contributed by atoms with Gasteiger partial charge in [0, 0.05) is 17.1 Å². The van der Waals surface area contributed by atoms with Crippen LogP contribution in [0.2, 0.25) is 0 Å². The minimum atomic E-state index is -1.45. The quantitative estimate of drug-likeness (QED) is 0.301. The third kappa shape index (κ3) is 6.29. The number of carbonyl (C=O) groups is 4. The molecule has 0 aliphatic carbocycles. The Morgan fingerprint density at radius 3 is 2.39 bits per heavy atom. The lowest BCUT2D eigenvalue weighted by molar-refractivity contribution is -0.144. The van der Waals surface area contributed by atoms with Crippen molar-refractivity contribution in [2.45, 2.75) is 51.2 Å². The minimum absolute atomic E-state index is 0.169. The van der Waals surface area contributed by atoms with E-state index in [1.807, 2.05) is 24.3 Å². The van der Waals surface area contributed by atoms with Gasteiger partial charge in [-0.05, 0) is 24.0 Å². The van der Waals surface area contributed by atoms with Crippen molar-refractivity contribution in [2.24, 2.45) is 11.7 Å². The monoisotopic (exact) mass is 432 g/mol. The highest BCUT2D eigenvalue weighted by molar-refractivity contribution is 5.94. The first kappa shape index (κ1) is 23.9. The zero-order valence-electron chi connectivity index (χ0n) is 17.4. The van der Waals surface area contributed by atoms with Crippen LogP contribution in [0.1, 0.15) is 32.3 Å². The number of rotatable bonds is 11. The molecule has 31 heavy (non-hydrogen) atoms. The summed E-state index contributed by atoms with van der Waals surface area (Å²) in [5.74, 6) is -4.53. The Balaban J connectivity index is 2.09. The van der Waals surface area contributed by atoms with Gasteiger partial charge in [-0.3, -0.25) is 14.4 Å². The third-order valence-electron chi connectivity index (χ3n) is 5.24. The highest BCUT2D eigenvalue weighted by Crippen LogP contribution is 2.18. The van der Waals surface area contributed by atoms with Gasteiger partial charge in [-0.1, -0.05) is 38.5 Å². The van der Waals surface area contributed by atoms with Gasteiger partial charge in [-0.2, -0.15) is 0 Å². The molecule has 10 nitrogen and oxygen atoms in total. The number of hydrogen-bond acceptors (Lipinski definition) is 5. The fourth-order valence-electron chi connectivity index (χ4n) is 3.23. The van der Waals surface area contributed by atoms with E-state index in [9.17, 15) is 24.3 Å².